The molecule has 1 aliphatic heterocycles. The molecular weight excluding hydrogens is 346 g/mol. The van der Waals surface area contributed by atoms with Crippen LogP contribution >= 0.6 is 0 Å². The SMILES string of the molecule is CC(C)CC[C@H](CC[NH2+]Cc1ccc(OC(C)C)cc1)[C@H]1CCOC(C)(C)C1. The van der Waals surface area contributed by atoms with Gasteiger partial charge in [-0.15, -0.1) is 0 Å². The number of hydrogen-bond donors (Lipinski definition) is 1. The van der Waals surface area contributed by atoms with E-state index in [1.165, 1.54) is 44.2 Å². The fraction of sp³-hybridized carbons (Fsp3) is 0.760. The van der Waals surface area contributed by atoms with Gasteiger partial charge in [-0.05, 0) is 95.4 Å². The molecule has 2 atom stereocenters. The van der Waals surface area contributed by atoms with Crippen LogP contribution in [0.3, 0.4) is 0 Å². The summed E-state index contributed by atoms with van der Waals surface area (Å²) < 4.78 is 11.7. The Morgan fingerprint density at radius 2 is 1.79 bits per heavy atom. The maximum absolute atomic E-state index is 5.97. The van der Waals surface area contributed by atoms with Crippen LogP contribution in [0.2, 0.25) is 0 Å². The van der Waals surface area contributed by atoms with E-state index in [0.717, 1.165) is 36.7 Å². The maximum Gasteiger partial charge on any atom is 0.119 e. The van der Waals surface area contributed by atoms with Gasteiger partial charge in [0.25, 0.3) is 0 Å². The molecule has 160 valence electrons. The fourth-order valence-corrected chi connectivity index (χ4v) is 4.42. The molecule has 2 rings (SSSR count). The molecule has 3 heteroatoms. The van der Waals surface area contributed by atoms with E-state index >= 15 is 0 Å². The third-order valence-electron chi connectivity index (χ3n) is 5.93. The summed E-state index contributed by atoms with van der Waals surface area (Å²) >= 11 is 0. The van der Waals surface area contributed by atoms with Crippen molar-refractivity contribution in [1.82, 2.24) is 0 Å². The van der Waals surface area contributed by atoms with Crippen molar-refractivity contribution in [2.45, 2.75) is 91.9 Å². The summed E-state index contributed by atoms with van der Waals surface area (Å²) in [5, 5.41) is 2.48. The van der Waals surface area contributed by atoms with Crippen molar-refractivity contribution < 1.29 is 14.8 Å². The molecule has 0 spiro atoms. The summed E-state index contributed by atoms with van der Waals surface area (Å²) in [6.07, 6.45) is 6.72. The summed E-state index contributed by atoms with van der Waals surface area (Å²) in [5.41, 5.74) is 1.43. The van der Waals surface area contributed by atoms with Gasteiger partial charge < -0.3 is 14.8 Å². The third kappa shape index (κ3) is 8.53. The molecule has 3 nitrogen and oxygen atoms in total. The van der Waals surface area contributed by atoms with E-state index < -0.39 is 0 Å². The van der Waals surface area contributed by atoms with Gasteiger partial charge in [-0.25, -0.2) is 0 Å². The van der Waals surface area contributed by atoms with Crippen molar-refractivity contribution in [3.8, 4) is 5.75 Å². The quantitative estimate of drug-likeness (QED) is 0.528. The predicted octanol–water partition coefficient (Wildman–Crippen LogP) is 5.18. The normalized spacial score (nSPS) is 20.5. The van der Waals surface area contributed by atoms with Crippen molar-refractivity contribution in [2.24, 2.45) is 17.8 Å². The molecule has 1 fully saturated rings. The molecule has 0 bridgehead atoms. The smallest absolute Gasteiger partial charge is 0.119 e. The highest BCUT2D eigenvalue weighted by atomic mass is 16.5. The van der Waals surface area contributed by atoms with Gasteiger partial charge in [-0.1, -0.05) is 20.3 Å². The Balaban J connectivity index is 1.80. The average molecular weight is 391 g/mol. The van der Waals surface area contributed by atoms with Gasteiger partial charge >= 0.3 is 0 Å². The van der Waals surface area contributed by atoms with Crippen molar-refractivity contribution in [1.29, 1.82) is 0 Å². The topological polar surface area (TPSA) is 35.1 Å². The Labute approximate surface area is 173 Å². The van der Waals surface area contributed by atoms with E-state index in [9.17, 15) is 0 Å². The van der Waals surface area contributed by atoms with Crippen LogP contribution in [0.25, 0.3) is 0 Å². The van der Waals surface area contributed by atoms with Crippen molar-refractivity contribution >= 4 is 0 Å². The summed E-state index contributed by atoms with van der Waals surface area (Å²) in [6.45, 7) is 16.6. The summed E-state index contributed by atoms with van der Waals surface area (Å²) in [7, 11) is 0. The number of benzene rings is 1. The molecule has 28 heavy (non-hydrogen) atoms. The molecule has 1 aromatic rings. The van der Waals surface area contributed by atoms with Gasteiger partial charge in [-0.3, -0.25) is 0 Å². The van der Waals surface area contributed by atoms with Gasteiger partial charge in [0.2, 0.25) is 0 Å². The highest BCUT2D eigenvalue weighted by molar-refractivity contribution is 5.26. The van der Waals surface area contributed by atoms with Crippen molar-refractivity contribution in [3.63, 3.8) is 0 Å². The van der Waals surface area contributed by atoms with Gasteiger partial charge in [0.05, 0.1) is 18.2 Å². The van der Waals surface area contributed by atoms with Crippen LogP contribution in [-0.2, 0) is 11.3 Å². The lowest BCUT2D eigenvalue weighted by Gasteiger charge is -2.39. The first-order valence-electron chi connectivity index (χ1n) is 11.5. The lowest BCUT2D eigenvalue weighted by Crippen LogP contribution is -2.82. The summed E-state index contributed by atoms with van der Waals surface area (Å²) in [4.78, 5) is 0. The van der Waals surface area contributed by atoms with E-state index in [2.05, 4.69) is 71.1 Å². The Morgan fingerprint density at radius 3 is 2.39 bits per heavy atom. The highest BCUT2D eigenvalue weighted by Crippen LogP contribution is 2.37. The Hall–Kier alpha value is -1.06. The van der Waals surface area contributed by atoms with E-state index in [1.54, 1.807) is 0 Å². The highest BCUT2D eigenvalue weighted by Gasteiger charge is 2.33. The van der Waals surface area contributed by atoms with Gasteiger partial charge in [0.1, 0.15) is 12.3 Å². The molecule has 1 aromatic carbocycles. The lowest BCUT2D eigenvalue weighted by molar-refractivity contribution is -0.671. The zero-order valence-electron chi connectivity index (χ0n) is 19.2. The zero-order chi connectivity index (χ0) is 20.6. The number of hydrogen-bond acceptors (Lipinski definition) is 2. The van der Waals surface area contributed by atoms with Crippen LogP contribution in [0, 0.1) is 17.8 Å². The Bertz CT molecular complexity index is 550. The monoisotopic (exact) mass is 390 g/mol. The molecule has 0 amide bonds. The molecule has 0 aromatic heterocycles. The number of rotatable bonds is 11. The molecule has 0 unspecified atom stereocenters. The first kappa shape index (κ1) is 23.2. The second kappa shape index (κ2) is 11.2. The van der Waals surface area contributed by atoms with Gasteiger partial charge in [0, 0.05) is 12.2 Å². The minimum Gasteiger partial charge on any atom is -0.491 e. The first-order chi connectivity index (χ1) is 13.2. The molecule has 1 heterocycles. The number of quaternary nitrogens is 1. The summed E-state index contributed by atoms with van der Waals surface area (Å²) in [6, 6.07) is 8.59. The lowest BCUT2D eigenvalue weighted by atomic mass is 9.75. The maximum atomic E-state index is 5.97. The van der Waals surface area contributed by atoms with E-state index in [1.807, 2.05) is 0 Å². The molecular formula is C25H44NO2+. The second-order valence-electron chi connectivity index (χ2n) is 9.97. The molecule has 0 radical (unpaired) electrons. The molecule has 2 N–H and O–H groups in total. The largest absolute Gasteiger partial charge is 0.491 e. The Morgan fingerprint density at radius 1 is 1.07 bits per heavy atom. The van der Waals surface area contributed by atoms with Gasteiger partial charge in [-0.2, -0.15) is 0 Å². The van der Waals surface area contributed by atoms with Crippen LogP contribution < -0.4 is 10.1 Å². The minimum atomic E-state index is 0.0581. The minimum absolute atomic E-state index is 0.0581. The van der Waals surface area contributed by atoms with E-state index in [-0.39, 0.29) is 11.7 Å². The van der Waals surface area contributed by atoms with Crippen molar-refractivity contribution in [3.05, 3.63) is 29.8 Å². The second-order valence-corrected chi connectivity index (χ2v) is 9.97. The average Bonchev–Trinajstić information content (AvgIpc) is 2.61. The standard InChI is InChI=1S/C25H43NO2/c1-19(2)7-10-22(23-14-16-27-25(5,6)17-23)13-15-26-18-21-8-11-24(12-9-21)28-20(3)4/h8-9,11-12,19-20,22-23,26H,7,10,13-18H2,1-6H3/p+1/t22-,23+/m1/s1. The first-order valence-corrected chi connectivity index (χ1v) is 11.5. The van der Waals surface area contributed by atoms with Crippen LogP contribution in [0.15, 0.2) is 24.3 Å². The van der Waals surface area contributed by atoms with E-state index in [0.29, 0.717) is 0 Å². The molecule has 1 aliphatic rings. The van der Waals surface area contributed by atoms with Crippen LogP contribution in [-0.4, -0.2) is 24.9 Å². The van der Waals surface area contributed by atoms with Crippen LogP contribution in [0.4, 0.5) is 0 Å². The predicted molar refractivity (Wildman–Crippen MR) is 118 cm³/mol. The van der Waals surface area contributed by atoms with Gasteiger partial charge in [0.15, 0.2) is 0 Å². The summed E-state index contributed by atoms with van der Waals surface area (Å²) in [5.74, 6) is 3.42. The zero-order valence-corrected chi connectivity index (χ0v) is 19.2. The molecule has 0 aliphatic carbocycles. The van der Waals surface area contributed by atoms with E-state index in [4.69, 9.17) is 9.47 Å². The number of ether oxygens (including phenoxy) is 2. The van der Waals surface area contributed by atoms with Crippen molar-refractivity contribution in [2.75, 3.05) is 13.2 Å². The van der Waals surface area contributed by atoms with Crippen LogP contribution in [0.1, 0.15) is 79.2 Å². The Kier molecular flexibility index (Phi) is 9.30. The third-order valence-corrected chi connectivity index (χ3v) is 5.93. The molecule has 1 saturated heterocycles. The fourth-order valence-electron chi connectivity index (χ4n) is 4.42. The number of nitrogens with two attached hydrogens (primary N) is 1. The molecule has 0 saturated carbocycles. The van der Waals surface area contributed by atoms with Crippen LogP contribution in [0.5, 0.6) is 5.75 Å².